The van der Waals surface area contributed by atoms with Crippen molar-refractivity contribution in [1.82, 2.24) is 4.90 Å². The Morgan fingerprint density at radius 3 is 2.65 bits per heavy atom. The largest absolute Gasteiger partial charge is 0.503 e. The van der Waals surface area contributed by atoms with Crippen molar-refractivity contribution in [1.29, 1.82) is 0 Å². The predicted octanol–water partition coefficient (Wildman–Crippen LogP) is 2.90. The highest BCUT2D eigenvalue weighted by molar-refractivity contribution is 6.08. The Labute approximate surface area is 131 Å². The zero-order chi connectivity index (χ0) is 16.6. The number of hydrogen-bond acceptors (Lipinski definition) is 4. The van der Waals surface area contributed by atoms with Gasteiger partial charge in [0.15, 0.2) is 11.5 Å². The van der Waals surface area contributed by atoms with E-state index >= 15 is 0 Å². The summed E-state index contributed by atoms with van der Waals surface area (Å²) in [5.41, 5.74) is 0.0494. The summed E-state index contributed by atoms with van der Waals surface area (Å²) < 4.78 is 19.4. The molecule has 118 valence electrons. The number of halogens is 1. The van der Waals surface area contributed by atoms with E-state index in [9.17, 15) is 19.1 Å². The lowest BCUT2D eigenvalue weighted by molar-refractivity contribution is -0.130. The molecule has 1 aromatic heterocycles. The van der Waals surface area contributed by atoms with Crippen LogP contribution in [0.5, 0.6) is 0 Å². The molecule has 0 saturated heterocycles. The first-order valence-corrected chi connectivity index (χ1v) is 7.02. The first kappa shape index (κ1) is 15.0. The molecule has 2 aromatic rings. The second kappa shape index (κ2) is 5.72. The fraction of sp³-hybridized carbons (Fsp3) is 0.176. The van der Waals surface area contributed by atoms with Crippen LogP contribution >= 0.6 is 0 Å². The molecule has 0 fully saturated rings. The number of carbonyl (C=O) groups excluding carboxylic acids is 2. The molecule has 23 heavy (non-hydrogen) atoms. The smallest absolute Gasteiger partial charge is 0.290 e. The summed E-state index contributed by atoms with van der Waals surface area (Å²) in [5, 5.41) is 10.1. The van der Waals surface area contributed by atoms with Crippen LogP contribution in [0.1, 0.15) is 24.3 Å². The molecule has 2 heterocycles. The van der Waals surface area contributed by atoms with Crippen molar-refractivity contribution >= 4 is 11.7 Å². The lowest BCUT2D eigenvalue weighted by Gasteiger charge is -2.26. The summed E-state index contributed by atoms with van der Waals surface area (Å²) in [6.45, 7) is 1.26. The van der Waals surface area contributed by atoms with Gasteiger partial charge in [-0.2, -0.15) is 0 Å². The van der Waals surface area contributed by atoms with E-state index < -0.39 is 29.3 Å². The highest BCUT2D eigenvalue weighted by Gasteiger charge is 2.43. The van der Waals surface area contributed by atoms with E-state index in [4.69, 9.17) is 4.42 Å². The van der Waals surface area contributed by atoms with Gasteiger partial charge in [-0.05, 0) is 25.1 Å². The molecule has 1 aliphatic heterocycles. The summed E-state index contributed by atoms with van der Waals surface area (Å²) in [4.78, 5) is 25.5. The monoisotopic (exact) mass is 315 g/mol. The number of rotatable bonds is 4. The van der Waals surface area contributed by atoms with Crippen LogP contribution in [-0.4, -0.2) is 21.7 Å². The topological polar surface area (TPSA) is 70.8 Å². The first-order chi connectivity index (χ1) is 11.0. The SMILES string of the molecule is CC(=O)C1=C(O)C(=O)N(Cc2ccco2)[C@H]1c1ccccc1F. The number of nitrogens with zero attached hydrogens (tertiary/aromatic N) is 1. The van der Waals surface area contributed by atoms with Gasteiger partial charge in [-0.25, -0.2) is 4.39 Å². The van der Waals surface area contributed by atoms with E-state index in [-0.39, 0.29) is 17.7 Å². The quantitative estimate of drug-likeness (QED) is 0.942. The van der Waals surface area contributed by atoms with Crippen LogP contribution in [0, 0.1) is 5.82 Å². The van der Waals surface area contributed by atoms with Crippen LogP contribution in [0.3, 0.4) is 0 Å². The van der Waals surface area contributed by atoms with E-state index in [0.29, 0.717) is 5.76 Å². The van der Waals surface area contributed by atoms with Crippen LogP contribution in [-0.2, 0) is 16.1 Å². The van der Waals surface area contributed by atoms with Crippen molar-refractivity contribution in [2.45, 2.75) is 19.5 Å². The molecule has 0 radical (unpaired) electrons. The molecule has 1 atom stereocenters. The third kappa shape index (κ3) is 2.52. The van der Waals surface area contributed by atoms with Crippen molar-refractivity contribution in [2.24, 2.45) is 0 Å². The van der Waals surface area contributed by atoms with Crippen LogP contribution in [0.15, 0.2) is 58.4 Å². The van der Waals surface area contributed by atoms with Crippen LogP contribution in [0.4, 0.5) is 4.39 Å². The standard InChI is InChI=1S/C17H14FNO4/c1-10(20)14-15(12-6-2-3-7-13(12)18)19(17(22)16(14)21)9-11-5-4-8-23-11/h2-8,15,21H,9H2,1H3/t15-/m0/s1. The minimum atomic E-state index is -0.980. The summed E-state index contributed by atoms with van der Waals surface area (Å²) in [6, 6.07) is 8.21. The lowest BCUT2D eigenvalue weighted by Crippen LogP contribution is -2.30. The molecule has 0 bridgehead atoms. The Hall–Kier alpha value is -2.89. The van der Waals surface area contributed by atoms with E-state index in [1.54, 1.807) is 18.2 Å². The Morgan fingerprint density at radius 2 is 2.04 bits per heavy atom. The molecular weight excluding hydrogens is 301 g/mol. The molecule has 0 spiro atoms. The number of benzene rings is 1. The van der Waals surface area contributed by atoms with Gasteiger partial charge in [0.05, 0.1) is 24.4 Å². The van der Waals surface area contributed by atoms with Crippen molar-refractivity contribution in [2.75, 3.05) is 0 Å². The number of hydrogen-bond donors (Lipinski definition) is 1. The van der Waals surface area contributed by atoms with Crippen molar-refractivity contribution in [3.63, 3.8) is 0 Å². The van der Waals surface area contributed by atoms with Crippen molar-refractivity contribution in [3.05, 3.63) is 71.1 Å². The zero-order valence-corrected chi connectivity index (χ0v) is 12.3. The molecule has 1 aromatic carbocycles. The third-order valence-corrected chi connectivity index (χ3v) is 3.79. The number of furan rings is 1. The van der Waals surface area contributed by atoms with E-state index in [1.165, 1.54) is 36.3 Å². The summed E-state index contributed by atoms with van der Waals surface area (Å²) in [5.74, 6) is -1.93. The molecule has 1 amide bonds. The highest BCUT2D eigenvalue weighted by atomic mass is 19.1. The molecule has 0 saturated carbocycles. The van der Waals surface area contributed by atoms with Gasteiger partial charge in [-0.3, -0.25) is 9.59 Å². The number of ketones is 1. The maximum Gasteiger partial charge on any atom is 0.290 e. The molecular formula is C17H14FNO4. The lowest BCUT2D eigenvalue weighted by atomic mass is 9.96. The van der Waals surface area contributed by atoms with Gasteiger partial charge in [-0.1, -0.05) is 18.2 Å². The van der Waals surface area contributed by atoms with Gasteiger partial charge in [0.25, 0.3) is 5.91 Å². The Kier molecular flexibility index (Phi) is 3.73. The summed E-state index contributed by atoms with van der Waals surface area (Å²) >= 11 is 0. The minimum absolute atomic E-state index is 0.0195. The average Bonchev–Trinajstić information content (AvgIpc) is 3.10. The summed E-state index contributed by atoms with van der Waals surface area (Å²) in [7, 11) is 0. The molecule has 0 aliphatic carbocycles. The van der Waals surface area contributed by atoms with E-state index in [1.807, 2.05) is 0 Å². The molecule has 1 N–H and O–H groups in total. The van der Waals surface area contributed by atoms with Crippen molar-refractivity contribution in [3.8, 4) is 0 Å². The second-order valence-electron chi connectivity index (χ2n) is 5.25. The first-order valence-electron chi connectivity index (χ1n) is 7.02. The van der Waals surface area contributed by atoms with Crippen molar-refractivity contribution < 1.29 is 23.5 Å². The second-order valence-corrected chi connectivity index (χ2v) is 5.25. The number of carbonyl (C=O) groups is 2. The number of aliphatic hydroxyl groups excluding tert-OH is 1. The minimum Gasteiger partial charge on any atom is -0.503 e. The van der Waals surface area contributed by atoms with E-state index in [0.717, 1.165) is 0 Å². The molecule has 3 rings (SSSR count). The Bertz CT molecular complexity index is 795. The zero-order valence-electron chi connectivity index (χ0n) is 12.3. The number of aliphatic hydroxyl groups is 1. The van der Waals surface area contributed by atoms with Gasteiger partial charge in [0.1, 0.15) is 11.6 Å². The van der Waals surface area contributed by atoms with Gasteiger partial charge >= 0.3 is 0 Å². The maximum atomic E-state index is 14.2. The van der Waals surface area contributed by atoms with Crippen LogP contribution < -0.4 is 0 Å². The van der Waals surface area contributed by atoms with Gasteiger partial charge in [0, 0.05) is 5.56 Å². The van der Waals surface area contributed by atoms with Crippen LogP contribution in [0.25, 0.3) is 0 Å². The van der Waals surface area contributed by atoms with Gasteiger partial charge < -0.3 is 14.4 Å². The van der Waals surface area contributed by atoms with Gasteiger partial charge in [0.2, 0.25) is 0 Å². The number of Topliss-reactive ketones (excluding diaryl/α,β-unsaturated/α-hetero) is 1. The third-order valence-electron chi connectivity index (χ3n) is 3.79. The summed E-state index contributed by atoms with van der Waals surface area (Å²) in [6.07, 6.45) is 1.45. The van der Waals surface area contributed by atoms with Gasteiger partial charge in [-0.15, -0.1) is 0 Å². The van der Waals surface area contributed by atoms with E-state index in [2.05, 4.69) is 0 Å². The van der Waals surface area contributed by atoms with Crippen LogP contribution in [0.2, 0.25) is 0 Å². The maximum absolute atomic E-state index is 14.2. The normalized spacial score (nSPS) is 17.9. The highest BCUT2D eigenvalue weighted by Crippen LogP contribution is 2.39. The Balaban J connectivity index is 2.10. The average molecular weight is 315 g/mol. The predicted molar refractivity (Wildman–Crippen MR) is 78.7 cm³/mol. The number of amides is 1. The Morgan fingerprint density at radius 1 is 1.30 bits per heavy atom. The molecule has 6 heteroatoms. The fourth-order valence-corrected chi connectivity index (χ4v) is 2.77. The molecule has 5 nitrogen and oxygen atoms in total. The fourth-order valence-electron chi connectivity index (χ4n) is 2.77. The molecule has 0 unspecified atom stereocenters. The molecule has 1 aliphatic rings.